The Morgan fingerprint density at radius 2 is 2.15 bits per heavy atom. The molecule has 1 aromatic rings. The van der Waals surface area contributed by atoms with E-state index in [0.29, 0.717) is 25.6 Å². The predicted octanol–water partition coefficient (Wildman–Crippen LogP) is 1.06. The molecule has 0 aliphatic rings. The SMILES string of the molecule is COCCN(c1cc([N+](=O)[O-])cc(N)n1)C(C)COC. The van der Waals surface area contributed by atoms with Gasteiger partial charge in [0.15, 0.2) is 0 Å². The van der Waals surface area contributed by atoms with E-state index in [-0.39, 0.29) is 17.5 Å². The average molecular weight is 284 g/mol. The van der Waals surface area contributed by atoms with Crippen molar-refractivity contribution in [2.75, 3.05) is 44.6 Å². The molecule has 1 aromatic heterocycles. The van der Waals surface area contributed by atoms with Crippen molar-refractivity contribution in [1.29, 1.82) is 0 Å². The highest BCUT2D eigenvalue weighted by Gasteiger charge is 2.19. The lowest BCUT2D eigenvalue weighted by atomic mass is 10.2. The fourth-order valence-electron chi connectivity index (χ4n) is 1.86. The van der Waals surface area contributed by atoms with Gasteiger partial charge in [-0.25, -0.2) is 4.98 Å². The molecule has 8 heteroatoms. The molecule has 1 atom stereocenters. The number of methoxy groups -OCH3 is 2. The lowest BCUT2D eigenvalue weighted by molar-refractivity contribution is -0.384. The van der Waals surface area contributed by atoms with E-state index in [4.69, 9.17) is 15.2 Å². The standard InChI is InChI=1S/C12H20N4O4/c1-9(8-20-3)15(4-5-19-2)12-7-10(16(17)18)6-11(13)14-12/h6-7,9H,4-5,8H2,1-3H3,(H2,13,14). The number of hydrogen-bond acceptors (Lipinski definition) is 7. The number of nitro groups is 1. The smallest absolute Gasteiger partial charge is 0.276 e. The number of rotatable bonds is 8. The summed E-state index contributed by atoms with van der Waals surface area (Å²) in [6, 6.07) is 2.63. The summed E-state index contributed by atoms with van der Waals surface area (Å²) in [5.74, 6) is 0.555. The third kappa shape index (κ3) is 4.32. The minimum absolute atomic E-state index is 0.0101. The van der Waals surface area contributed by atoms with Crippen LogP contribution in [0.25, 0.3) is 0 Å². The minimum Gasteiger partial charge on any atom is -0.383 e. The zero-order valence-electron chi connectivity index (χ0n) is 11.9. The first-order valence-corrected chi connectivity index (χ1v) is 6.16. The molecule has 1 unspecified atom stereocenters. The molecule has 0 aliphatic carbocycles. The van der Waals surface area contributed by atoms with Crippen molar-refractivity contribution in [3.8, 4) is 0 Å². The van der Waals surface area contributed by atoms with Crippen LogP contribution in [-0.4, -0.2) is 49.9 Å². The van der Waals surface area contributed by atoms with Gasteiger partial charge in [-0.3, -0.25) is 10.1 Å². The molecule has 0 aliphatic heterocycles. The molecule has 0 saturated heterocycles. The highest BCUT2D eigenvalue weighted by molar-refractivity contribution is 5.54. The summed E-state index contributed by atoms with van der Waals surface area (Å²) in [5, 5.41) is 10.9. The number of nitrogen functional groups attached to an aromatic ring is 1. The van der Waals surface area contributed by atoms with Crippen molar-refractivity contribution < 1.29 is 14.4 Å². The quantitative estimate of drug-likeness (QED) is 0.562. The summed E-state index contributed by atoms with van der Waals surface area (Å²) >= 11 is 0. The lowest BCUT2D eigenvalue weighted by Gasteiger charge is -2.29. The second-order valence-corrected chi connectivity index (χ2v) is 4.36. The molecule has 0 fully saturated rings. The summed E-state index contributed by atoms with van der Waals surface area (Å²) < 4.78 is 10.2. The third-order valence-electron chi connectivity index (χ3n) is 2.80. The fourth-order valence-corrected chi connectivity index (χ4v) is 1.86. The Kier molecular flexibility index (Phi) is 6.13. The van der Waals surface area contributed by atoms with Gasteiger partial charge in [0, 0.05) is 20.8 Å². The van der Waals surface area contributed by atoms with Crippen molar-refractivity contribution in [2.24, 2.45) is 0 Å². The highest BCUT2D eigenvalue weighted by Crippen LogP contribution is 2.23. The van der Waals surface area contributed by atoms with E-state index < -0.39 is 4.92 Å². The van der Waals surface area contributed by atoms with Crippen molar-refractivity contribution in [3.05, 3.63) is 22.2 Å². The van der Waals surface area contributed by atoms with Crippen LogP contribution in [0.15, 0.2) is 12.1 Å². The van der Waals surface area contributed by atoms with Gasteiger partial charge in [0.05, 0.1) is 36.3 Å². The number of aromatic nitrogens is 1. The number of nitrogens with zero attached hydrogens (tertiary/aromatic N) is 3. The molecule has 0 saturated carbocycles. The Hall–Kier alpha value is -1.93. The Morgan fingerprint density at radius 3 is 2.70 bits per heavy atom. The van der Waals surface area contributed by atoms with Gasteiger partial charge in [-0.1, -0.05) is 0 Å². The fraction of sp³-hybridized carbons (Fsp3) is 0.583. The molecular weight excluding hydrogens is 264 g/mol. The van der Waals surface area contributed by atoms with Gasteiger partial charge in [0.1, 0.15) is 11.6 Å². The van der Waals surface area contributed by atoms with Crippen LogP contribution in [0.3, 0.4) is 0 Å². The summed E-state index contributed by atoms with van der Waals surface area (Å²) in [7, 11) is 3.19. The maximum absolute atomic E-state index is 10.9. The van der Waals surface area contributed by atoms with E-state index in [1.54, 1.807) is 14.2 Å². The zero-order chi connectivity index (χ0) is 15.1. The van der Waals surface area contributed by atoms with E-state index in [1.807, 2.05) is 11.8 Å². The van der Waals surface area contributed by atoms with Gasteiger partial charge in [0.2, 0.25) is 0 Å². The van der Waals surface area contributed by atoms with Gasteiger partial charge < -0.3 is 20.1 Å². The third-order valence-corrected chi connectivity index (χ3v) is 2.80. The van der Waals surface area contributed by atoms with Gasteiger partial charge in [-0.15, -0.1) is 0 Å². The van der Waals surface area contributed by atoms with E-state index in [9.17, 15) is 10.1 Å². The van der Waals surface area contributed by atoms with Crippen molar-refractivity contribution in [2.45, 2.75) is 13.0 Å². The molecule has 0 bridgehead atoms. The van der Waals surface area contributed by atoms with E-state index in [1.165, 1.54) is 12.1 Å². The Bertz CT molecular complexity index is 455. The molecule has 2 N–H and O–H groups in total. The number of ether oxygens (including phenoxy) is 2. The first-order valence-electron chi connectivity index (χ1n) is 6.16. The predicted molar refractivity (Wildman–Crippen MR) is 75.9 cm³/mol. The van der Waals surface area contributed by atoms with Crippen molar-refractivity contribution >= 4 is 17.3 Å². The summed E-state index contributed by atoms with van der Waals surface area (Å²) in [6.07, 6.45) is 0. The van der Waals surface area contributed by atoms with Gasteiger partial charge >= 0.3 is 0 Å². The van der Waals surface area contributed by atoms with Crippen LogP contribution in [0.1, 0.15) is 6.92 Å². The van der Waals surface area contributed by atoms with Crippen LogP contribution in [0.4, 0.5) is 17.3 Å². The van der Waals surface area contributed by atoms with Gasteiger partial charge in [0.25, 0.3) is 5.69 Å². The van der Waals surface area contributed by atoms with Crippen molar-refractivity contribution in [3.63, 3.8) is 0 Å². The lowest BCUT2D eigenvalue weighted by Crippen LogP contribution is -2.39. The van der Waals surface area contributed by atoms with E-state index in [2.05, 4.69) is 4.98 Å². The van der Waals surface area contributed by atoms with Crippen LogP contribution in [0, 0.1) is 10.1 Å². The average Bonchev–Trinajstić information content (AvgIpc) is 2.38. The molecule has 0 radical (unpaired) electrons. The number of hydrogen-bond donors (Lipinski definition) is 1. The number of pyridine rings is 1. The summed E-state index contributed by atoms with van der Waals surface area (Å²) in [6.45, 7) is 3.41. The Labute approximate surface area is 117 Å². The molecule has 0 amide bonds. The second-order valence-electron chi connectivity index (χ2n) is 4.36. The monoisotopic (exact) mass is 284 g/mol. The number of anilines is 2. The summed E-state index contributed by atoms with van der Waals surface area (Å²) in [5.41, 5.74) is 5.55. The second kappa shape index (κ2) is 7.61. The molecular formula is C12H20N4O4. The van der Waals surface area contributed by atoms with Crippen molar-refractivity contribution in [1.82, 2.24) is 4.98 Å². The molecule has 1 rings (SSSR count). The van der Waals surface area contributed by atoms with Gasteiger partial charge in [-0.2, -0.15) is 0 Å². The normalized spacial score (nSPS) is 12.2. The Balaban J connectivity index is 3.08. The molecule has 1 heterocycles. The van der Waals surface area contributed by atoms with E-state index in [0.717, 1.165) is 0 Å². The molecule has 20 heavy (non-hydrogen) atoms. The molecule has 112 valence electrons. The molecule has 0 spiro atoms. The summed E-state index contributed by atoms with van der Waals surface area (Å²) in [4.78, 5) is 16.4. The molecule has 8 nitrogen and oxygen atoms in total. The first kappa shape index (κ1) is 16.1. The highest BCUT2D eigenvalue weighted by atomic mass is 16.6. The van der Waals surface area contributed by atoms with Crippen LogP contribution in [0.2, 0.25) is 0 Å². The molecule has 0 aromatic carbocycles. The van der Waals surface area contributed by atoms with E-state index >= 15 is 0 Å². The largest absolute Gasteiger partial charge is 0.383 e. The zero-order valence-corrected chi connectivity index (χ0v) is 11.9. The Morgan fingerprint density at radius 1 is 1.45 bits per heavy atom. The topological polar surface area (TPSA) is 104 Å². The maximum atomic E-state index is 10.9. The maximum Gasteiger partial charge on any atom is 0.276 e. The van der Waals surface area contributed by atoms with Crippen LogP contribution < -0.4 is 10.6 Å². The van der Waals surface area contributed by atoms with Gasteiger partial charge in [-0.05, 0) is 6.92 Å². The first-order chi connectivity index (χ1) is 9.49. The van der Waals surface area contributed by atoms with Crippen LogP contribution in [-0.2, 0) is 9.47 Å². The minimum atomic E-state index is -0.489. The van der Waals surface area contributed by atoms with Crippen LogP contribution in [0.5, 0.6) is 0 Å². The van der Waals surface area contributed by atoms with Crippen LogP contribution >= 0.6 is 0 Å². The number of nitrogens with two attached hydrogens (primary N) is 1.